The molecule has 2 atom stereocenters. The molecule has 0 heterocycles. The summed E-state index contributed by atoms with van der Waals surface area (Å²) in [6.45, 7) is 0. The van der Waals surface area contributed by atoms with Gasteiger partial charge in [-0.2, -0.15) is 0 Å². The molecule has 0 bridgehead atoms. The van der Waals surface area contributed by atoms with E-state index in [9.17, 15) is 4.79 Å². The van der Waals surface area contributed by atoms with Crippen molar-refractivity contribution in [3.05, 3.63) is 28.8 Å². The van der Waals surface area contributed by atoms with E-state index in [0.717, 1.165) is 19.3 Å². The molecule has 2 unspecified atom stereocenters. The lowest BCUT2D eigenvalue weighted by Crippen LogP contribution is -2.38. The summed E-state index contributed by atoms with van der Waals surface area (Å²) in [4.78, 5) is 12.2. The van der Waals surface area contributed by atoms with Crippen molar-refractivity contribution in [3.8, 4) is 5.75 Å². The summed E-state index contributed by atoms with van der Waals surface area (Å²) in [7, 11) is 1.53. The van der Waals surface area contributed by atoms with E-state index in [0.29, 0.717) is 16.3 Å². The Morgan fingerprint density at radius 1 is 1.44 bits per heavy atom. The predicted molar refractivity (Wildman–Crippen MR) is 72.8 cm³/mol. The van der Waals surface area contributed by atoms with Crippen molar-refractivity contribution in [2.75, 3.05) is 7.11 Å². The highest BCUT2D eigenvalue weighted by Gasteiger charge is 2.27. The highest BCUT2D eigenvalue weighted by Crippen LogP contribution is 2.26. The zero-order valence-corrected chi connectivity index (χ0v) is 11.6. The number of halogens is 2. The van der Waals surface area contributed by atoms with Crippen molar-refractivity contribution in [3.63, 3.8) is 0 Å². The molecule has 0 spiro atoms. The van der Waals surface area contributed by atoms with Gasteiger partial charge in [-0.15, -0.1) is 11.6 Å². The Morgan fingerprint density at radius 2 is 2.22 bits per heavy atom. The molecule has 1 fully saturated rings. The molecule has 0 radical (unpaired) electrons. The van der Waals surface area contributed by atoms with Crippen LogP contribution in [-0.2, 0) is 0 Å². The van der Waals surface area contributed by atoms with Gasteiger partial charge in [0.25, 0.3) is 5.91 Å². The van der Waals surface area contributed by atoms with Crippen LogP contribution in [0.5, 0.6) is 5.75 Å². The molecule has 0 aromatic heterocycles. The van der Waals surface area contributed by atoms with Crippen LogP contribution < -0.4 is 10.1 Å². The molecule has 1 aromatic carbocycles. The van der Waals surface area contributed by atoms with E-state index < -0.39 is 0 Å². The van der Waals surface area contributed by atoms with Gasteiger partial charge in [0.2, 0.25) is 0 Å². The van der Waals surface area contributed by atoms with Gasteiger partial charge >= 0.3 is 0 Å². The highest BCUT2D eigenvalue weighted by atomic mass is 35.5. The zero-order valence-electron chi connectivity index (χ0n) is 10.1. The van der Waals surface area contributed by atoms with Gasteiger partial charge in [-0.3, -0.25) is 4.79 Å². The molecule has 5 heteroatoms. The van der Waals surface area contributed by atoms with Crippen molar-refractivity contribution in [2.24, 2.45) is 0 Å². The standard InChI is InChI=1S/C13H15Cl2NO2/c1-18-12-6-5-8(14)7-9(12)13(17)16-11-4-2-3-10(11)15/h5-7,10-11H,2-4H2,1H3,(H,16,17). The number of nitrogens with one attached hydrogen (secondary N) is 1. The summed E-state index contributed by atoms with van der Waals surface area (Å²) < 4.78 is 5.16. The number of benzene rings is 1. The van der Waals surface area contributed by atoms with Crippen molar-refractivity contribution in [1.82, 2.24) is 5.32 Å². The number of rotatable bonds is 3. The van der Waals surface area contributed by atoms with Crippen LogP contribution in [0.15, 0.2) is 18.2 Å². The van der Waals surface area contributed by atoms with Gasteiger partial charge in [-0.05, 0) is 37.5 Å². The minimum atomic E-state index is -0.188. The second kappa shape index (κ2) is 5.81. The van der Waals surface area contributed by atoms with Crippen molar-refractivity contribution >= 4 is 29.1 Å². The Balaban J connectivity index is 2.15. The minimum Gasteiger partial charge on any atom is -0.496 e. The molecule has 1 aromatic rings. The van der Waals surface area contributed by atoms with Gasteiger partial charge in [-0.25, -0.2) is 0 Å². The van der Waals surface area contributed by atoms with E-state index in [2.05, 4.69) is 5.32 Å². The third-order valence-electron chi connectivity index (χ3n) is 3.15. The number of alkyl halides is 1. The Hall–Kier alpha value is -0.930. The van der Waals surface area contributed by atoms with Crippen LogP contribution in [-0.4, -0.2) is 24.4 Å². The number of carbonyl (C=O) groups excluding carboxylic acids is 1. The quantitative estimate of drug-likeness (QED) is 0.867. The summed E-state index contributed by atoms with van der Waals surface area (Å²) in [5.74, 6) is 0.327. The van der Waals surface area contributed by atoms with Crippen LogP contribution in [0.25, 0.3) is 0 Å². The minimum absolute atomic E-state index is 0.0131. The fourth-order valence-corrected chi connectivity index (χ4v) is 2.70. The fraction of sp³-hybridized carbons (Fsp3) is 0.462. The van der Waals surface area contributed by atoms with Gasteiger partial charge in [0.05, 0.1) is 18.1 Å². The number of methoxy groups -OCH3 is 1. The van der Waals surface area contributed by atoms with Gasteiger partial charge in [0, 0.05) is 11.1 Å². The molecule has 1 amide bonds. The van der Waals surface area contributed by atoms with Crippen LogP contribution >= 0.6 is 23.2 Å². The molecule has 98 valence electrons. The normalized spacial score (nSPS) is 22.8. The summed E-state index contributed by atoms with van der Waals surface area (Å²) in [5.41, 5.74) is 0.445. The second-order valence-corrected chi connectivity index (χ2v) is 5.37. The van der Waals surface area contributed by atoms with Crippen LogP contribution in [0.2, 0.25) is 5.02 Å². The lowest BCUT2D eigenvalue weighted by atomic mass is 10.1. The molecule has 18 heavy (non-hydrogen) atoms. The number of carbonyl (C=O) groups is 1. The summed E-state index contributed by atoms with van der Waals surface area (Å²) >= 11 is 12.0. The molecule has 1 saturated carbocycles. The first-order chi connectivity index (χ1) is 8.61. The molecule has 2 rings (SSSR count). The van der Waals surface area contributed by atoms with Crippen molar-refractivity contribution in [1.29, 1.82) is 0 Å². The molecule has 3 nitrogen and oxygen atoms in total. The number of amides is 1. The van der Waals surface area contributed by atoms with Gasteiger partial charge < -0.3 is 10.1 Å². The first-order valence-corrected chi connectivity index (χ1v) is 6.71. The van der Waals surface area contributed by atoms with E-state index >= 15 is 0 Å². The first kappa shape index (κ1) is 13.5. The maximum atomic E-state index is 12.2. The maximum absolute atomic E-state index is 12.2. The summed E-state index contributed by atoms with van der Waals surface area (Å²) in [5, 5.41) is 3.46. The Kier molecular flexibility index (Phi) is 4.36. The smallest absolute Gasteiger partial charge is 0.255 e. The Labute approximate surface area is 116 Å². The van der Waals surface area contributed by atoms with Gasteiger partial charge in [-0.1, -0.05) is 11.6 Å². The third-order valence-corrected chi connectivity index (χ3v) is 3.91. The number of hydrogen-bond acceptors (Lipinski definition) is 2. The summed E-state index contributed by atoms with van der Waals surface area (Å²) in [6, 6.07) is 5.01. The van der Waals surface area contributed by atoms with Gasteiger partial charge in [0.15, 0.2) is 0 Å². The monoisotopic (exact) mass is 287 g/mol. The lowest BCUT2D eigenvalue weighted by Gasteiger charge is -2.17. The zero-order chi connectivity index (χ0) is 13.1. The maximum Gasteiger partial charge on any atom is 0.255 e. The van der Waals surface area contributed by atoms with E-state index in [1.54, 1.807) is 18.2 Å². The first-order valence-electron chi connectivity index (χ1n) is 5.90. The topological polar surface area (TPSA) is 38.3 Å². The molecule has 0 aliphatic heterocycles. The number of ether oxygens (including phenoxy) is 1. The van der Waals surface area contributed by atoms with E-state index in [1.165, 1.54) is 7.11 Å². The van der Waals surface area contributed by atoms with Crippen molar-refractivity contribution < 1.29 is 9.53 Å². The average Bonchev–Trinajstić information content (AvgIpc) is 2.75. The molecule has 1 aliphatic rings. The molecule has 1 N–H and O–H groups in total. The third kappa shape index (κ3) is 2.90. The molecular formula is C13H15Cl2NO2. The van der Waals surface area contributed by atoms with E-state index in [1.807, 2.05) is 0 Å². The van der Waals surface area contributed by atoms with Crippen LogP contribution in [0.3, 0.4) is 0 Å². The number of hydrogen-bond donors (Lipinski definition) is 1. The second-order valence-electron chi connectivity index (χ2n) is 4.37. The van der Waals surface area contributed by atoms with Crippen molar-refractivity contribution in [2.45, 2.75) is 30.7 Å². The molecule has 1 aliphatic carbocycles. The predicted octanol–water partition coefficient (Wildman–Crippen LogP) is 3.24. The fourth-order valence-electron chi connectivity index (χ4n) is 2.18. The Morgan fingerprint density at radius 3 is 2.83 bits per heavy atom. The van der Waals surface area contributed by atoms with E-state index in [4.69, 9.17) is 27.9 Å². The van der Waals surface area contributed by atoms with Gasteiger partial charge in [0.1, 0.15) is 5.75 Å². The van der Waals surface area contributed by atoms with Crippen LogP contribution in [0, 0.1) is 0 Å². The SMILES string of the molecule is COc1ccc(Cl)cc1C(=O)NC1CCCC1Cl. The average molecular weight is 288 g/mol. The van der Waals surface area contributed by atoms with Crippen LogP contribution in [0.4, 0.5) is 0 Å². The molecule has 0 saturated heterocycles. The Bertz CT molecular complexity index is 451. The van der Waals surface area contributed by atoms with Crippen LogP contribution in [0.1, 0.15) is 29.6 Å². The highest BCUT2D eigenvalue weighted by molar-refractivity contribution is 6.31. The summed E-state index contributed by atoms with van der Waals surface area (Å²) in [6.07, 6.45) is 2.91. The van der Waals surface area contributed by atoms with E-state index in [-0.39, 0.29) is 17.3 Å². The lowest BCUT2D eigenvalue weighted by molar-refractivity contribution is 0.0935. The largest absolute Gasteiger partial charge is 0.496 e. The molecular weight excluding hydrogens is 273 g/mol.